The van der Waals surface area contributed by atoms with Crippen molar-refractivity contribution in [3.63, 3.8) is 0 Å². The lowest BCUT2D eigenvalue weighted by Crippen LogP contribution is -2.58. The molecule has 3 atom stereocenters. The number of morpholine rings is 1. The van der Waals surface area contributed by atoms with E-state index < -0.39 is 49.8 Å². The maximum Gasteiger partial charge on any atom is 0.415 e. The van der Waals surface area contributed by atoms with Gasteiger partial charge in [-0.2, -0.15) is 26.3 Å². The fourth-order valence-electron chi connectivity index (χ4n) is 1.53. The molecule has 2 nitrogen and oxygen atoms in total. The summed E-state index contributed by atoms with van der Waals surface area (Å²) < 4.78 is 104. The Labute approximate surface area is 102 Å². The molecule has 0 aromatic carbocycles. The van der Waals surface area contributed by atoms with Crippen LogP contribution in [0.25, 0.3) is 0 Å². The Morgan fingerprint density at radius 3 is 1.68 bits per heavy atom. The molecule has 0 N–H and O–H groups in total. The number of hydrogen-bond donors (Lipinski definition) is 0. The van der Waals surface area contributed by atoms with Gasteiger partial charge in [-0.25, -0.2) is 8.78 Å². The lowest BCUT2D eigenvalue weighted by Gasteiger charge is -2.39. The summed E-state index contributed by atoms with van der Waals surface area (Å²) in [7, 11) is 0. The molecule has 3 unspecified atom stereocenters. The van der Waals surface area contributed by atoms with Crippen molar-refractivity contribution >= 4 is 0 Å². The van der Waals surface area contributed by atoms with E-state index in [0.29, 0.717) is 0 Å². The average Bonchev–Trinajstić information content (AvgIpc) is 2.24. The first-order valence-corrected chi connectivity index (χ1v) is 4.94. The van der Waals surface area contributed by atoms with Crippen LogP contribution in [0.5, 0.6) is 0 Å². The number of hydrogen-bond acceptors (Lipinski definition) is 2. The second-order valence-corrected chi connectivity index (χ2v) is 3.93. The SMILES string of the molecule is C=C(F)C(F)N1CC(C(F)(F)F)OC(C(F)(F)F)C1. The average molecular weight is 299 g/mol. The molecule has 0 saturated carbocycles. The molecule has 0 aromatic rings. The highest BCUT2D eigenvalue weighted by Gasteiger charge is 2.53. The molecule has 1 fully saturated rings. The van der Waals surface area contributed by atoms with E-state index in [9.17, 15) is 35.1 Å². The number of halogens is 8. The van der Waals surface area contributed by atoms with Gasteiger partial charge in [-0.1, -0.05) is 6.58 Å². The number of ether oxygens (including phenoxy) is 1. The summed E-state index contributed by atoms with van der Waals surface area (Å²) >= 11 is 0. The Kier molecular flexibility index (Phi) is 4.45. The van der Waals surface area contributed by atoms with Crippen molar-refractivity contribution in [3.8, 4) is 0 Å². The van der Waals surface area contributed by atoms with Gasteiger partial charge in [0.2, 0.25) is 6.30 Å². The molecule has 0 aliphatic carbocycles. The van der Waals surface area contributed by atoms with Crippen LogP contribution in [0.4, 0.5) is 35.1 Å². The third kappa shape index (κ3) is 4.03. The molecular formula is C9H9F8NO. The van der Waals surface area contributed by atoms with Gasteiger partial charge >= 0.3 is 12.4 Å². The summed E-state index contributed by atoms with van der Waals surface area (Å²) in [5, 5.41) is 0. The fourth-order valence-corrected chi connectivity index (χ4v) is 1.53. The molecule has 0 radical (unpaired) electrons. The topological polar surface area (TPSA) is 12.5 Å². The van der Waals surface area contributed by atoms with Crippen molar-refractivity contribution in [2.75, 3.05) is 13.1 Å². The van der Waals surface area contributed by atoms with E-state index in [1.165, 1.54) is 0 Å². The van der Waals surface area contributed by atoms with Crippen molar-refractivity contribution in [1.29, 1.82) is 0 Å². The van der Waals surface area contributed by atoms with Crippen LogP contribution in [-0.2, 0) is 4.74 Å². The molecular weight excluding hydrogens is 290 g/mol. The van der Waals surface area contributed by atoms with Gasteiger partial charge in [0.05, 0.1) is 0 Å². The first-order chi connectivity index (χ1) is 8.43. The maximum absolute atomic E-state index is 13.2. The molecule has 1 heterocycles. The minimum absolute atomic E-state index is 0.0577. The first-order valence-electron chi connectivity index (χ1n) is 4.94. The third-order valence-electron chi connectivity index (χ3n) is 2.44. The van der Waals surface area contributed by atoms with Crippen molar-refractivity contribution in [3.05, 3.63) is 12.4 Å². The second kappa shape index (κ2) is 5.23. The van der Waals surface area contributed by atoms with E-state index in [1.807, 2.05) is 0 Å². The van der Waals surface area contributed by atoms with Crippen LogP contribution in [0.1, 0.15) is 0 Å². The molecule has 19 heavy (non-hydrogen) atoms. The van der Waals surface area contributed by atoms with Gasteiger partial charge < -0.3 is 4.74 Å². The second-order valence-electron chi connectivity index (χ2n) is 3.93. The quantitative estimate of drug-likeness (QED) is 0.574. The number of rotatable bonds is 2. The van der Waals surface area contributed by atoms with Crippen LogP contribution >= 0.6 is 0 Å². The monoisotopic (exact) mass is 299 g/mol. The molecule has 1 aliphatic rings. The number of alkyl halides is 7. The molecule has 0 spiro atoms. The van der Waals surface area contributed by atoms with Gasteiger partial charge in [-0.05, 0) is 0 Å². The summed E-state index contributed by atoms with van der Waals surface area (Å²) in [4.78, 5) is 0.0577. The van der Waals surface area contributed by atoms with Crippen LogP contribution in [-0.4, -0.2) is 48.8 Å². The van der Waals surface area contributed by atoms with Crippen molar-refractivity contribution in [2.24, 2.45) is 0 Å². The first kappa shape index (κ1) is 16.2. The van der Waals surface area contributed by atoms with Crippen LogP contribution in [0.15, 0.2) is 12.4 Å². The normalized spacial score (nSPS) is 28.2. The fraction of sp³-hybridized carbons (Fsp3) is 0.778. The molecule has 1 rings (SSSR count). The van der Waals surface area contributed by atoms with Gasteiger partial charge in [0.25, 0.3) is 0 Å². The molecule has 0 bridgehead atoms. The van der Waals surface area contributed by atoms with E-state index in [0.717, 1.165) is 0 Å². The highest BCUT2D eigenvalue weighted by Crippen LogP contribution is 2.35. The largest absolute Gasteiger partial charge is 0.415 e. The lowest BCUT2D eigenvalue weighted by molar-refractivity contribution is -0.311. The molecule has 1 aliphatic heterocycles. The van der Waals surface area contributed by atoms with Crippen LogP contribution < -0.4 is 0 Å². The van der Waals surface area contributed by atoms with E-state index in [2.05, 4.69) is 11.3 Å². The predicted octanol–water partition coefficient (Wildman–Crippen LogP) is 2.96. The van der Waals surface area contributed by atoms with Crippen molar-refractivity contribution < 1.29 is 39.9 Å². The van der Waals surface area contributed by atoms with Crippen molar-refractivity contribution in [1.82, 2.24) is 4.90 Å². The van der Waals surface area contributed by atoms with Crippen LogP contribution in [0.3, 0.4) is 0 Å². The molecule has 10 heteroatoms. The third-order valence-corrected chi connectivity index (χ3v) is 2.44. The lowest BCUT2D eigenvalue weighted by atomic mass is 10.2. The van der Waals surface area contributed by atoms with Crippen LogP contribution in [0, 0.1) is 0 Å². The minimum Gasteiger partial charge on any atom is -0.353 e. The zero-order valence-corrected chi connectivity index (χ0v) is 9.23. The summed E-state index contributed by atoms with van der Waals surface area (Å²) in [5.41, 5.74) is 0. The summed E-state index contributed by atoms with van der Waals surface area (Å²) in [5.74, 6) is -1.66. The highest BCUT2D eigenvalue weighted by molar-refractivity contribution is 4.95. The van der Waals surface area contributed by atoms with E-state index in [1.54, 1.807) is 0 Å². The summed E-state index contributed by atoms with van der Waals surface area (Å²) in [6, 6.07) is 0. The summed E-state index contributed by atoms with van der Waals surface area (Å²) in [6.45, 7) is 0.0462. The predicted molar refractivity (Wildman–Crippen MR) is 47.5 cm³/mol. The van der Waals surface area contributed by atoms with Gasteiger partial charge in [-0.3, -0.25) is 4.90 Å². The Morgan fingerprint density at radius 2 is 1.42 bits per heavy atom. The Balaban J connectivity index is 2.93. The van der Waals surface area contributed by atoms with E-state index >= 15 is 0 Å². The zero-order chi connectivity index (χ0) is 15.0. The standard InChI is InChI=1S/C9H9F8NO/c1-4(10)7(11)18-2-5(8(12,13)14)19-6(3-18)9(15,16)17/h5-7H,1-3H2. The number of nitrogens with zero attached hydrogens (tertiary/aromatic N) is 1. The van der Waals surface area contributed by atoms with Gasteiger partial charge in [0, 0.05) is 13.1 Å². The Morgan fingerprint density at radius 1 is 1.05 bits per heavy atom. The van der Waals surface area contributed by atoms with E-state index in [4.69, 9.17) is 0 Å². The van der Waals surface area contributed by atoms with Gasteiger partial charge in [-0.15, -0.1) is 0 Å². The molecule has 1 saturated heterocycles. The molecule has 112 valence electrons. The minimum atomic E-state index is -5.11. The maximum atomic E-state index is 13.2. The van der Waals surface area contributed by atoms with Gasteiger partial charge in [0.1, 0.15) is 5.83 Å². The zero-order valence-electron chi connectivity index (χ0n) is 9.23. The smallest absolute Gasteiger partial charge is 0.353 e. The summed E-state index contributed by atoms with van der Waals surface area (Å²) in [6.07, 6.45) is -18.6. The Bertz CT molecular complexity index is 316. The van der Waals surface area contributed by atoms with E-state index in [-0.39, 0.29) is 4.90 Å². The Hall–Kier alpha value is -0.900. The highest BCUT2D eigenvalue weighted by atomic mass is 19.4. The van der Waals surface area contributed by atoms with Gasteiger partial charge in [0.15, 0.2) is 12.2 Å². The molecule has 0 amide bonds. The van der Waals surface area contributed by atoms with Crippen molar-refractivity contribution in [2.45, 2.75) is 30.9 Å². The molecule has 0 aromatic heterocycles. The van der Waals surface area contributed by atoms with Crippen LogP contribution in [0.2, 0.25) is 0 Å².